The smallest absolute Gasteiger partial charge is 0.235 e. The maximum Gasteiger partial charge on any atom is 0.235 e. The number of hydrogen-bond donors (Lipinski definition) is 1. The lowest BCUT2D eigenvalue weighted by Gasteiger charge is -2.34. The Bertz CT molecular complexity index is 355. The molecule has 0 radical (unpaired) electrons. The summed E-state index contributed by atoms with van der Waals surface area (Å²) >= 11 is 0. The third kappa shape index (κ3) is 4.49. The van der Waals surface area contributed by atoms with E-state index in [2.05, 4.69) is 23.2 Å². The van der Waals surface area contributed by atoms with E-state index >= 15 is 0 Å². The molecular formula is C16H29N3O. The van der Waals surface area contributed by atoms with Crippen LogP contribution in [0.1, 0.15) is 59.8 Å². The molecule has 1 amide bonds. The van der Waals surface area contributed by atoms with Gasteiger partial charge in [-0.3, -0.25) is 9.69 Å². The van der Waals surface area contributed by atoms with Crippen molar-refractivity contribution in [2.24, 2.45) is 5.92 Å². The summed E-state index contributed by atoms with van der Waals surface area (Å²) in [5.41, 5.74) is -0.775. The van der Waals surface area contributed by atoms with Gasteiger partial charge >= 0.3 is 0 Å². The van der Waals surface area contributed by atoms with Crippen LogP contribution in [0.2, 0.25) is 0 Å². The Kier molecular flexibility index (Phi) is 6.48. The number of amides is 1. The largest absolute Gasteiger partial charge is 0.337 e. The van der Waals surface area contributed by atoms with E-state index in [4.69, 9.17) is 0 Å². The van der Waals surface area contributed by atoms with Crippen molar-refractivity contribution < 1.29 is 4.79 Å². The van der Waals surface area contributed by atoms with Gasteiger partial charge < -0.3 is 5.32 Å². The summed E-state index contributed by atoms with van der Waals surface area (Å²) in [6.45, 7) is 9.12. The maximum atomic E-state index is 12.2. The van der Waals surface area contributed by atoms with Crippen LogP contribution in [0, 0.1) is 17.2 Å². The van der Waals surface area contributed by atoms with Gasteiger partial charge in [0, 0.05) is 6.04 Å². The number of rotatable bonds is 6. The Morgan fingerprint density at radius 3 is 2.45 bits per heavy atom. The fraction of sp³-hybridized carbons (Fsp3) is 0.875. The molecule has 0 aromatic heterocycles. The summed E-state index contributed by atoms with van der Waals surface area (Å²) in [5.74, 6) is 0.0661. The minimum Gasteiger partial charge on any atom is -0.337 e. The van der Waals surface area contributed by atoms with Crippen molar-refractivity contribution in [3.8, 4) is 6.07 Å². The Hall–Kier alpha value is -1.08. The van der Waals surface area contributed by atoms with Crippen LogP contribution in [-0.2, 0) is 4.79 Å². The molecule has 1 fully saturated rings. The zero-order chi connectivity index (χ0) is 15.2. The van der Waals surface area contributed by atoms with Gasteiger partial charge in [-0.25, -0.2) is 0 Å². The Balaban J connectivity index is 2.57. The Morgan fingerprint density at radius 2 is 2.00 bits per heavy atom. The van der Waals surface area contributed by atoms with Crippen molar-refractivity contribution in [1.29, 1.82) is 5.26 Å². The van der Waals surface area contributed by atoms with Gasteiger partial charge in [0.1, 0.15) is 5.54 Å². The molecule has 0 spiro atoms. The van der Waals surface area contributed by atoms with Crippen LogP contribution in [0.5, 0.6) is 0 Å². The van der Waals surface area contributed by atoms with E-state index in [9.17, 15) is 10.1 Å². The van der Waals surface area contributed by atoms with E-state index in [0.717, 1.165) is 6.54 Å². The van der Waals surface area contributed by atoms with Crippen LogP contribution in [-0.4, -0.2) is 35.5 Å². The molecule has 1 rings (SSSR count). The third-order valence-electron chi connectivity index (χ3n) is 4.63. The lowest BCUT2D eigenvalue weighted by atomic mass is 9.90. The zero-order valence-electron chi connectivity index (χ0n) is 13.4. The fourth-order valence-electron chi connectivity index (χ4n) is 2.76. The molecule has 1 aliphatic rings. The lowest BCUT2D eigenvalue weighted by Crippen LogP contribution is -2.53. The molecule has 0 heterocycles. The highest BCUT2D eigenvalue weighted by Crippen LogP contribution is 2.22. The number of likely N-dealkylation sites (N-methyl/N-ethyl adjacent to an activating group) is 1. The predicted octanol–water partition coefficient (Wildman–Crippen LogP) is 2.70. The summed E-state index contributed by atoms with van der Waals surface area (Å²) in [7, 11) is 0. The number of carbonyl (C=O) groups is 1. The average molecular weight is 279 g/mol. The van der Waals surface area contributed by atoms with Crippen molar-refractivity contribution in [3.63, 3.8) is 0 Å². The standard InChI is InChI=1S/C16H29N3O/c1-5-19(14-9-7-6-8-10-14)11-15(20)18-16(4,12-17)13(2)3/h13-14H,5-11H2,1-4H3,(H,18,20). The second-order valence-electron chi connectivity index (χ2n) is 6.37. The van der Waals surface area contributed by atoms with Gasteiger partial charge in [-0.1, -0.05) is 40.0 Å². The third-order valence-corrected chi connectivity index (χ3v) is 4.63. The first kappa shape index (κ1) is 17.0. The van der Waals surface area contributed by atoms with Gasteiger partial charge in [0.25, 0.3) is 0 Å². The first-order valence-corrected chi connectivity index (χ1v) is 7.89. The summed E-state index contributed by atoms with van der Waals surface area (Å²) in [5, 5.41) is 12.2. The summed E-state index contributed by atoms with van der Waals surface area (Å²) in [6, 6.07) is 2.76. The monoisotopic (exact) mass is 279 g/mol. The number of hydrogen-bond acceptors (Lipinski definition) is 3. The second-order valence-corrected chi connectivity index (χ2v) is 6.37. The molecule has 0 aromatic carbocycles. The quantitative estimate of drug-likeness (QED) is 0.813. The van der Waals surface area contributed by atoms with E-state index in [1.165, 1.54) is 32.1 Å². The minimum atomic E-state index is -0.775. The first-order valence-electron chi connectivity index (χ1n) is 7.89. The van der Waals surface area contributed by atoms with Crippen LogP contribution in [0.15, 0.2) is 0 Å². The van der Waals surface area contributed by atoms with Gasteiger partial charge in [-0.2, -0.15) is 5.26 Å². The van der Waals surface area contributed by atoms with Crippen LogP contribution in [0.25, 0.3) is 0 Å². The normalized spacial score (nSPS) is 19.6. The van der Waals surface area contributed by atoms with Gasteiger partial charge in [0.05, 0.1) is 12.6 Å². The molecule has 4 nitrogen and oxygen atoms in total. The van der Waals surface area contributed by atoms with Gasteiger partial charge in [0.15, 0.2) is 0 Å². The average Bonchev–Trinajstić information content (AvgIpc) is 2.45. The predicted molar refractivity (Wildman–Crippen MR) is 81.1 cm³/mol. The SMILES string of the molecule is CCN(CC(=O)NC(C)(C#N)C(C)C)C1CCCCC1. The summed E-state index contributed by atoms with van der Waals surface area (Å²) in [4.78, 5) is 14.5. The molecule has 0 saturated heterocycles. The number of nitriles is 1. The van der Waals surface area contributed by atoms with Crippen LogP contribution < -0.4 is 5.32 Å². The van der Waals surface area contributed by atoms with Gasteiger partial charge in [-0.05, 0) is 32.2 Å². The zero-order valence-corrected chi connectivity index (χ0v) is 13.4. The van der Waals surface area contributed by atoms with E-state index in [1.54, 1.807) is 6.92 Å². The molecule has 1 unspecified atom stereocenters. The number of carbonyl (C=O) groups excluding carboxylic acids is 1. The Morgan fingerprint density at radius 1 is 1.40 bits per heavy atom. The van der Waals surface area contributed by atoms with E-state index in [1.807, 2.05) is 13.8 Å². The maximum absolute atomic E-state index is 12.2. The van der Waals surface area contributed by atoms with E-state index in [-0.39, 0.29) is 11.8 Å². The summed E-state index contributed by atoms with van der Waals surface area (Å²) < 4.78 is 0. The molecule has 20 heavy (non-hydrogen) atoms. The highest BCUT2D eigenvalue weighted by atomic mass is 16.2. The van der Waals surface area contributed by atoms with Crippen molar-refractivity contribution in [2.45, 2.75) is 71.4 Å². The summed E-state index contributed by atoms with van der Waals surface area (Å²) in [6.07, 6.45) is 6.25. The highest BCUT2D eigenvalue weighted by molar-refractivity contribution is 5.79. The molecule has 0 bridgehead atoms. The Labute approximate surface area is 123 Å². The molecule has 1 aliphatic carbocycles. The molecule has 1 atom stereocenters. The van der Waals surface area contributed by atoms with Crippen molar-refractivity contribution in [2.75, 3.05) is 13.1 Å². The highest BCUT2D eigenvalue weighted by Gasteiger charge is 2.31. The second kappa shape index (κ2) is 7.64. The molecule has 1 saturated carbocycles. The number of nitrogens with one attached hydrogen (secondary N) is 1. The fourth-order valence-corrected chi connectivity index (χ4v) is 2.76. The molecule has 1 N–H and O–H groups in total. The van der Waals surface area contributed by atoms with E-state index in [0.29, 0.717) is 12.6 Å². The van der Waals surface area contributed by atoms with Crippen molar-refractivity contribution in [3.05, 3.63) is 0 Å². The van der Waals surface area contributed by atoms with Crippen LogP contribution in [0.3, 0.4) is 0 Å². The molecule has 4 heteroatoms. The van der Waals surface area contributed by atoms with Gasteiger partial charge in [-0.15, -0.1) is 0 Å². The van der Waals surface area contributed by atoms with Crippen LogP contribution in [0.4, 0.5) is 0 Å². The first-order chi connectivity index (χ1) is 9.42. The van der Waals surface area contributed by atoms with E-state index < -0.39 is 5.54 Å². The lowest BCUT2D eigenvalue weighted by molar-refractivity contribution is -0.124. The minimum absolute atomic E-state index is 0.0322. The molecule has 0 aromatic rings. The molecular weight excluding hydrogens is 250 g/mol. The molecule has 114 valence electrons. The van der Waals surface area contributed by atoms with Crippen molar-refractivity contribution >= 4 is 5.91 Å². The topological polar surface area (TPSA) is 56.1 Å². The van der Waals surface area contributed by atoms with Crippen LogP contribution >= 0.6 is 0 Å². The van der Waals surface area contributed by atoms with Gasteiger partial charge in [0.2, 0.25) is 5.91 Å². The van der Waals surface area contributed by atoms with Crippen molar-refractivity contribution in [1.82, 2.24) is 10.2 Å². The molecule has 0 aliphatic heterocycles. The number of nitrogens with zero attached hydrogens (tertiary/aromatic N) is 2.